The molecule has 0 radical (unpaired) electrons. The van der Waals surface area contributed by atoms with E-state index in [2.05, 4.69) is 45.2 Å². The van der Waals surface area contributed by atoms with Crippen LogP contribution in [-0.2, 0) is 0 Å². The summed E-state index contributed by atoms with van der Waals surface area (Å²) in [6, 6.07) is 2.79. The Morgan fingerprint density at radius 1 is 1.48 bits per heavy atom. The summed E-state index contributed by atoms with van der Waals surface area (Å²) < 4.78 is 0. The molecular weight excluding hydrogens is 284 g/mol. The molecule has 2 atom stereocenters. The first-order valence-electron chi connectivity index (χ1n) is 7.11. The zero-order valence-electron chi connectivity index (χ0n) is 12.1. The van der Waals surface area contributed by atoms with Crippen molar-refractivity contribution in [3.05, 3.63) is 12.7 Å². The van der Waals surface area contributed by atoms with Crippen LogP contribution in [0.2, 0.25) is 0 Å². The number of thioether (sulfide) groups is 1. The summed E-state index contributed by atoms with van der Waals surface area (Å²) in [5.74, 6) is 0. The molecule has 3 rings (SSSR count). The number of hydrogen-bond donors (Lipinski definition) is 2. The summed E-state index contributed by atoms with van der Waals surface area (Å²) in [5.41, 5.74) is 1.18. The molecule has 0 aliphatic heterocycles. The number of fused-ring (bicyclic) bond motifs is 1. The van der Waals surface area contributed by atoms with Crippen LogP contribution < -0.4 is 5.32 Å². The molecule has 2 N–H and O–H groups in total. The van der Waals surface area contributed by atoms with E-state index in [1.807, 2.05) is 0 Å². The molecule has 1 fully saturated rings. The Bertz CT molecular complexity index is 675. The van der Waals surface area contributed by atoms with Gasteiger partial charge >= 0.3 is 0 Å². The number of aromatic nitrogens is 4. The van der Waals surface area contributed by atoms with Gasteiger partial charge in [-0.2, -0.15) is 5.26 Å². The van der Waals surface area contributed by atoms with Crippen molar-refractivity contribution in [1.82, 2.24) is 25.3 Å². The number of aromatic amines is 1. The fourth-order valence-corrected chi connectivity index (χ4v) is 4.20. The summed E-state index contributed by atoms with van der Waals surface area (Å²) in [6.45, 7) is 4.16. The highest BCUT2D eigenvalue weighted by Gasteiger charge is 2.40. The molecular formula is C14H18N6S. The molecule has 21 heavy (non-hydrogen) atoms. The number of imidazole rings is 1. The van der Waals surface area contributed by atoms with E-state index in [0.717, 1.165) is 29.8 Å². The number of nitrogens with zero attached hydrogens (tertiary/aromatic N) is 4. The van der Waals surface area contributed by atoms with E-state index in [9.17, 15) is 5.26 Å². The standard InChI is InChI=1S/C14H18N6S/c1-9(2)20-14(6-15)4-3-10(5-14)21-13-11-12(17-7-16-11)18-8-19-13/h7-10,20H,3-5H2,1-2H3,(H,16,17,18,19). The first-order chi connectivity index (χ1) is 10.1. The van der Waals surface area contributed by atoms with Crippen molar-refractivity contribution in [2.45, 2.75) is 55.0 Å². The third-order valence-electron chi connectivity index (χ3n) is 3.71. The minimum atomic E-state index is -0.397. The Morgan fingerprint density at radius 2 is 2.33 bits per heavy atom. The van der Waals surface area contributed by atoms with Gasteiger partial charge in [0.2, 0.25) is 0 Å². The number of H-pyrrole nitrogens is 1. The maximum absolute atomic E-state index is 9.52. The second-order valence-corrected chi connectivity index (χ2v) is 7.04. The molecule has 6 nitrogen and oxygen atoms in total. The molecule has 2 unspecified atom stereocenters. The van der Waals surface area contributed by atoms with Gasteiger partial charge in [-0.15, -0.1) is 11.8 Å². The van der Waals surface area contributed by atoms with Gasteiger partial charge in [-0.05, 0) is 33.1 Å². The quantitative estimate of drug-likeness (QED) is 0.842. The topological polar surface area (TPSA) is 90.3 Å². The molecule has 1 aliphatic rings. The Morgan fingerprint density at radius 3 is 3.10 bits per heavy atom. The van der Waals surface area contributed by atoms with Crippen LogP contribution >= 0.6 is 11.8 Å². The first kappa shape index (κ1) is 14.3. The van der Waals surface area contributed by atoms with Gasteiger partial charge in [-0.3, -0.25) is 5.32 Å². The van der Waals surface area contributed by atoms with Crippen molar-refractivity contribution in [1.29, 1.82) is 5.26 Å². The van der Waals surface area contributed by atoms with Crippen molar-refractivity contribution >= 4 is 22.9 Å². The molecule has 2 aromatic heterocycles. The molecule has 1 saturated carbocycles. The normalized spacial score (nSPS) is 25.5. The zero-order chi connectivity index (χ0) is 14.9. The van der Waals surface area contributed by atoms with Gasteiger partial charge in [0.15, 0.2) is 5.65 Å². The fraction of sp³-hybridized carbons (Fsp3) is 0.571. The van der Waals surface area contributed by atoms with Gasteiger partial charge in [0.25, 0.3) is 0 Å². The van der Waals surface area contributed by atoms with Crippen LogP contribution in [0.1, 0.15) is 33.1 Å². The van der Waals surface area contributed by atoms with E-state index in [-0.39, 0.29) is 0 Å². The maximum atomic E-state index is 9.52. The van der Waals surface area contributed by atoms with E-state index >= 15 is 0 Å². The number of nitriles is 1. The van der Waals surface area contributed by atoms with E-state index in [4.69, 9.17) is 0 Å². The summed E-state index contributed by atoms with van der Waals surface area (Å²) in [4.78, 5) is 15.7. The van der Waals surface area contributed by atoms with Crippen LogP contribution in [0.3, 0.4) is 0 Å². The van der Waals surface area contributed by atoms with Gasteiger partial charge in [-0.1, -0.05) is 0 Å². The first-order valence-corrected chi connectivity index (χ1v) is 7.99. The van der Waals surface area contributed by atoms with Crippen molar-refractivity contribution in [3.63, 3.8) is 0 Å². The van der Waals surface area contributed by atoms with Crippen molar-refractivity contribution in [2.75, 3.05) is 0 Å². The molecule has 0 saturated heterocycles. The molecule has 0 spiro atoms. The third-order valence-corrected chi connectivity index (χ3v) is 4.98. The Hall–Kier alpha value is -1.65. The van der Waals surface area contributed by atoms with Crippen molar-refractivity contribution in [2.24, 2.45) is 0 Å². The third kappa shape index (κ3) is 2.87. The van der Waals surface area contributed by atoms with Crippen LogP contribution in [-0.4, -0.2) is 36.8 Å². The Kier molecular flexibility index (Phi) is 3.83. The lowest BCUT2D eigenvalue weighted by molar-refractivity contribution is 0.386. The second-order valence-electron chi connectivity index (χ2n) is 5.76. The predicted octanol–water partition coefficient (Wildman–Crippen LogP) is 2.26. The number of nitrogens with one attached hydrogen (secondary N) is 2. The second kappa shape index (κ2) is 5.62. The molecule has 2 heterocycles. The van der Waals surface area contributed by atoms with Gasteiger partial charge in [0, 0.05) is 11.3 Å². The van der Waals surface area contributed by atoms with E-state index < -0.39 is 5.54 Å². The number of hydrogen-bond acceptors (Lipinski definition) is 6. The van der Waals surface area contributed by atoms with Crippen LogP contribution in [0.4, 0.5) is 0 Å². The number of rotatable bonds is 4. The van der Waals surface area contributed by atoms with Crippen molar-refractivity contribution in [3.8, 4) is 6.07 Å². The lowest BCUT2D eigenvalue weighted by atomic mass is 9.99. The lowest BCUT2D eigenvalue weighted by Crippen LogP contribution is -2.45. The fourth-order valence-electron chi connectivity index (χ4n) is 2.91. The summed E-state index contributed by atoms with van der Waals surface area (Å²) in [6.07, 6.45) is 5.92. The zero-order valence-corrected chi connectivity index (χ0v) is 12.9. The molecule has 0 bridgehead atoms. The predicted molar refractivity (Wildman–Crippen MR) is 81.8 cm³/mol. The maximum Gasteiger partial charge on any atom is 0.181 e. The van der Waals surface area contributed by atoms with E-state index in [1.54, 1.807) is 24.4 Å². The minimum absolute atomic E-state index is 0.312. The van der Waals surface area contributed by atoms with E-state index in [1.165, 1.54) is 0 Å². The van der Waals surface area contributed by atoms with Crippen molar-refractivity contribution < 1.29 is 0 Å². The van der Waals surface area contributed by atoms with Crippen LogP contribution in [0.25, 0.3) is 11.2 Å². The van der Waals surface area contributed by atoms with Gasteiger partial charge in [0.1, 0.15) is 22.4 Å². The molecule has 1 aliphatic carbocycles. The minimum Gasteiger partial charge on any atom is -0.341 e. The molecule has 0 aromatic carbocycles. The highest BCUT2D eigenvalue weighted by molar-refractivity contribution is 8.00. The Labute approximate surface area is 127 Å². The molecule has 0 amide bonds. The molecule has 7 heteroatoms. The smallest absolute Gasteiger partial charge is 0.181 e. The van der Waals surface area contributed by atoms with Gasteiger partial charge in [-0.25, -0.2) is 15.0 Å². The monoisotopic (exact) mass is 302 g/mol. The largest absolute Gasteiger partial charge is 0.341 e. The summed E-state index contributed by atoms with van der Waals surface area (Å²) >= 11 is 1.72. The van der Waals surface area contributed by atoms with Crippen LogP contribution in [0.15, 0.2) is 17.7 Å². The highest BCUT2D eigenvalue weighted by Crippen LogP contribution is 2.40. The van der Waals surface area contributed by atoms with Gasteiger partial charge in [0.05, 0.1) is 12.4 Å². The summed E-state index contributed by atoms with van der Waals surface area (Å²) in [7, 11) is 0. The molecule has 2 aromatic rings. The highest BCUT2D eigenvalue weighted by atomic mass is 32.2. The van der Waals surface area contributed by atoms with Crippen LogP contribution in [0, 0.1) is 11.3 Å². The SMILES string of the molecule is CC(C)NC1(C#N)CCC(Sc2ncnc3nc[nH]c23)C1. The summed E-state index contributed by atoms with van der Waals surface area (Å²) in [5, 5.41) is 14.3. The Balaban J connectivity index is 1.75. The lowest BCUT2D eigenvalue weighted by Gasteiger charge is -2.25. The van der Waals surface area contributed by atoms with Crippen LogP contribution in [0.5, 0.6) is 0 Å². The van der Waals surface area contributed by atoms with Gasteiger partial charge < -0.3 is 4.98 Å². The molecule has 110 valence electrons. The van der Waals surface area contributed by atoms with E-state index in [0.29, 0.717) is 16.9 Å². The average Bonchev–Trinajstić information content (AvgIpc) is 3.06. The average molecular weight is 302 g/mol.